The molecule has 0 N–H and O–H groups in total. The predicted octanol–water partition coefficient (Wildman–Crippen LogP) is 5.72. The number of hydrogen-bond acceptors (Lipinski definition) is 9. The van der Waals surface area contributed by atoms with E-state index in [2.05, 4.69) is 4.99 Å². The van der Waals surface area contributed by atoms with Gasteiger partial charge in [-0.25, -0.2) is 9.59 Å². The summed E-state index contributed by atoms with van der Waals surface area (Å²) in [5, 5.41) is 0. The van der Waals surface area contributed by atoms with Crippen LogP contribution in [0.1, 0.15) is 95.4 Å². The largest absolute Gasteiger partial charge is 0.465 e. The number of ketones is 1. The van der Waals surface area contributed by atoms with Crippen LogP contribution in [-0.4, -0.2) is 66.5 Å². The second-order valence-corrected chi connectivity index (χ2v) is 11.2. The molecule has 3 heterocycles. The Bertz CT molecular complexity index is 1640. The lowest BCUT2D eigenvalue weighted by Crippen LogP contribution is -2.37. The quantitative estimate of drug-likeness (QED) is 0.114. The van der Waals surface area contributed by atoms with E-state index in [1.807, 2.05) is 0 Å². The Kier molecular flexibility index (Phi) is 10.6. The van der Waals surface area contributed by atoms with Gasteiger partial charge >= 0.3 is 17.9 Å². The van der Waals surface area contributed by atoms with E-state index in [0.29, 0.717) is 42.6 Å². The molecule has 2 aromatic rings. The highest BCUT2D eigenvalue weighted by atomic mass is 16.6. The lowest BCUT2D eigenvalue weighted by atomic mass is 9.88. The first-order chi connectivity index (χ1) is 22.4. The van der Waals surface area contributed by atoms with Gasteiger partial charge in [0, 0.05) is 29.9 Å². The van der Waals surface area contributed by atoms with E-state index >= 15 is 0 Å². The molecule has 46 heavy (non-hydrogen) atoms. The van der Waals surface area contributed by atoms with Crippen LogP contribution in [0.3, 0.4) is 0 Å². The number of aliphatic imine (C=N–C) groups is 1. The summed E-state index contributed by atoms with van der Waals surface area (Å²) in [6.45, 7) is 4.24. The molecule has 0 spiro atoms. The zero-order chi connectivity index (χ0) is 32.6. The maximum absolute atomic E-state index is 14.6. The Morgan fingerprint density at radius 2 is 1.59 bits per heavy atom. The van der Waals surface area contributed by atoms with Crippen LogP contribution in [0.5, 0.6) is 0 Å². The van der Waals surface area contributed by atoms with E-state index in [1.54, 1.807) is 56.3 Å². The van der Waals surface area contributed by atoms with Crippen molar-refractivity contribution in [3.63, 3.8) is 0 Å². The van der Waals surface area contributed by atoms with Gasteiger partial charge in [-0.2, -0.15) is 0 Å². The number of carbonyl (C=O) groups is 5. The number of ether oxygens (including phenoxy) is 3. The fourth-order valence-electron chi connectivity index (χ4n) is 6.03. The van der Waals surface area contributed by atoms with Crippen LogP contribution in [0.2, 0.25) is 0 Å². The molecule has 0 radical (unpaired) electrons. The van der Waals surface area contributed by atoms with Crippen molar-refractivity contribution in [1.29, 1.82) is 0 Å². The summed E-state index contributed by atoms with van der Waals surface area (Å²) in [7, 11) is 0. The number of rotatable bonds is 9. The number of nitrogens with zero attached hydrogens (tertiary/aromatic N) is 2. The summed E-state index contributed by atoms with van der Waals surface area (Å²) >= 11 is 0. The summed E-state index contributed by atoms with van der Waals surface area (Å²) in [6, 6.07) is 13.1. The molecule has 240 valence electrons. The fourth-order valence-corrected chi connectivity index (χ4v) is 6.03. The second kappa shape index (κ2) is 14.9. The van der Waals surface area contributed by atoms with Crippen molar-refractivity contribution in [2.24, 2.45) is 10.9 Å². The number of hydrogen-bond donors (Lipinski definition) is 0. The zero-order valence-electron chi connectivity index (χ0n) is 26.2. The minimum Gasteiger partial charge on any atom is -0.465 e. The van der Waals surface area contributed by atoms with Gasteiger partial charge in [0.25, 0.3) is 5.91 Å². The average Bonchev–Trinajstić information content (AvgIpc) is 3.27. The molecule has 3 aliphatic heterocycles. The molecule has 10 heteroatoms. The predicted molar refractivity (Wildman–Crippen MR) is 170 cm³/mol. The van der Waals surface area contributed by atoms with Gasteiger partial charge in [0.05, 0.1) is 30.0 Å². The van der Waals surface area contributed by atoms with Gasteiger partial charge in [0.2, 0.25) is 0 Å². The maximum Gasteiger partial charge on any atom is 0.344 e. The highest BCUT2D eigenvalue weighted by molar-refractivity contribution is 6.26. The van der Waals surface area contributed by atoms with Gasteiger partial charge in [-0.1, -0.05) is 48.9 Å². The molecule has 0 aromatic heterocycles. The molecule has 3 aliphatic rings. The van der Waals surface area contributed by atoms with Crippen LogP contribution in [0, 0.1) is 5.92 Å². The van der Waals surface area contributed by atoms with E-state index in [-0.39, 0.29) is 47.9 Å². The van der Waals surface area contributed by atoms with Gasteiger partial charge < -0.3 is 19.1 Å². The molecule has 0 bridgehead atoms. The number of allylic oxidation sites excluding steroid dienone is 1. The summed E-state index contributed by atoms with van der Waals surface area (Å²) < 4.78 is 16.4. The minimum atomic E-state index is -1.27. The number of cyclic esters (lactones) is 1. The summed E-state index contributed by atoms with van der Waals surface area (Å²) in [4.78, 5) is 74.4. The van der Waals surface area contributed by atoms with Gasteiger partial charge in [0.1, 0.15) is 5.57 Å². The first-order valence-corrected chi connectivity index (χ1v) is 16.0. The molecule has 0 saturated carbocycles. The first kappa shape index (κ1) is 32.5. The third-order valence-corrected chi connectivity index (χ3v) is 8.21. The third kappa shape index (κ3) is 6.71. The Morgan fingerprint density at radius 3 is 2.35 bits per heavy atom. The van der Waals surface area contributed by atoms with Crippen molar-refractivity contribution >= 4 is 41.1 Å². The Hall–Kier alpha value is -4.86. The van der Waals surface area contributed by atoms with Crippen LogP contribution in [0.15, 0.2) is 70.9 Å². The molecule has 0 saturated heterocycles. The molecule has 0 fully saturated rings. The molecular formula is C36H38N2O8. The normalized spacial score (nSPS) is 18.1. The zero-order valence-corrected chi connectivity index (χ0v) is 26.2. The number of Topliss-reactive ketones (excluding diaryl/α,β-unsaturated/α-hetero) is 1. The number of carbonyl (C=O) groups excluding carboxylic acids is 5. The molecule has 10 nitrogen and oxygen atoms in total. The second-order valence-electron chi connectivity index (χ2n) is 11.2. The molecule has 0 aliphatic carbocycles. The van der Waals surface area contributed by atoms with Crippen LogP contribution < -0.4 is 0 Å². The lowest BCUT2D eigenvalue weighted by Gasteiger charge is -2.27. The molecule has 1 unspecified atom stereocenters. The monoisotopic (exact) mass is 626 g/mol. The average molecular weight is 627 g/mol. The summed E-state index contributed by atoms with van der Waals surface area (Å²) in [5.41, 5.74) is 1.51. The van der Waals surface area contributed by atoms with Crippen molar-refractivity contribution in [1.82, 2.24) is 4.90 Å². The third-order valence-electron chi connectivity index (χ3n) is 8.21. The van der Waals surface area contributed by atoms with Crippen molar-refractivity contribution in [2.45, 2.75) is 58.8 Å². The topological polar surface area (TPSA) is 129 Å². The van der Waals surface area contributed by atoms with Crippen molar-refractivity contribution in [3.05, 3.63) is 88.1 Å². The Morgan fingerprint density at radius 1 is 0.870 bits per heavy atom. The first-order valence-electron chi connectivity index (χ1n) is 16.0. The molecule has 5 rings (SSSR count). The highest BCUT2D eigenvalue weighted by Gasteiger charge is 2.39. The van der Waals surface area contributed by atoms with Crippen LogP contribution in [0.25, 0.3) is 5.76 Å². The van der Waals surface area contributed by atoms with Crippen LogP contribution in [0.4, 0.5) is 0 Å². The Labute approximate surface area is 268 Å². The SMILES string of the molecule is CCOC(=O)/C(C1=CCCCCN1C(=O)c1ccccc1C(=O)C(C(=O)OCC)C1=NCCCCC1)=C1/OC(=O)c2ccccc21. The van der Waals surface area contributed by atoms with Gasteiger partial charge in [-0.3, -0.25) is 19.4 Å². The standard InChI is InChI=1S/C36H38N2O8/c1-3-44-35(42)29(27-19-7-5-13-21-37-27)31(39)23-15-9-11-17-25(23)33(40)38-22-14-6-8-20-28(38)30(36(43)45-4-2)32-24-16-10-12-18-26(24)34(41)46-32/h9-12,15-18,20,29H,3-8,13-14,19,21-22H2,1-2H3/b32-30+. The van der Waals surface area contributed by atoms with Crippen molar-refractivity contribution < 1.29 is 38.2 Å². The summed E-state index contributed by atoms with van der Waals surface area (Å²) in [6.07, 6.45) is 6.76. The molecule has 1 amide bonds. The van der Waals surface area contributed by atoms with Crippen LogP contribution in [-0.2, 0) is 23.8 Å². The smallest absolute Gasteiger partial charge is 0.344 e. The summed E-state index contributed by atoms with van der Waals surface area (Å²) in [5.74, 6) is -4.40. The number of benzene rings is 2. The van der Waals surface area contributed by atoms with Gasteiger partial charge in [0.15, 0.2) is 17.5 Å². The Balaban J connectivity index is 1.60. The van der Waals surface area contributed by atoms with Gasteiger partial charge in [-0.15, -0.1) is 0 Å². The van der Waals surface area contributed by atoms with Crippen molar-refractivity contribution in [2.75, 3.05) is 26.3 Å². The van der Waals surface area contributed by atoms with Gasteiger partial charge in [-0.05, 0) is 64.5 Å². The van der Waals surface area contributed by atoms with E-state index in [4.69, 9.17) is 14.2 Å². The van der Waals surface area contributed by atoms with E-state index in [1.165, 1.54) is 17.0 Å². The lowest BCUT2D eigenvalue weighted by molar-refractivity contribution is -0.144. The number of amides is 1. The van der Waals surface area contributed by atoms with E-state index in [0.717, 1.165) is 25.7 Å². The van der Waals surface area contributed by atoms with E-state index in [9.17, 15) is 24.0 Å². The minimum absolute atomic E-state index is 0.0168. The number of fused-ring (bicyclic) bond motifs is 1. The molecular weight excluding hydrogens is 588 g/mol. The fraction of sp³-hybridized carbons (Fsp3) is 0.389. The molecule has 2 aromatic carbocycles. The van der Waals surface area contributed by atoms with Crippen LogP contribution >= 0.6 is 0 Å². The van der Waals surface area contributed by atoms with E-state index < -0.39 is 35.5 Å². The maximum atomic E-state index is 14.6. The molecule has 1 atom stereocenters. The number of esters is 3. The van der Waals surface area contributed by atoms with Crippen molar-refractivity contribution in [3.8, 4) is 0 Å². The highest BCUT2D eigenvalue weighted by Crippen LogP contribution is 2.37.